The molecule has 0 unspecified atom stereocenters. The Kier molecular flexibility index (Phi) is 5.63. The van der Waals surface area contributed by atoms with Crippen LogP contribution < -0.4 is 5.73 Å². The maximum atomic E-state index is 11.8. The van der Waals surface area contributed by atoms with E-state index in [-0.39, 0.29) is 0 Å². The summed E-state index contributed by atoms with van der Waals surface area (Å²) in [6.45, 7) is 3.27. The molecule has 0 bridgehead atoms. The van der Waals surface area contributed by atoms with Crippen LogP contribution in [0.15, 0.2) is 23.1 Å². The highest BCUT2D eigenvalue weighted by Crippen LogP contribution is 2.27. The van der Waals surface area contributed by atoms with Crippen LogP contribution in [0.2, 0.25) is 0 Å². The smallest absolute Gasteiger partial charge is 0.175 e. The third kappa shape index (κ3) is 4.58. The van der Waals surface area contributed by atoms with Gasteiger partial charge in [0.1, 0.15) is 0 Å². The third-order valence-electron chi connectivity index (χ3n) is 5.75. The molecular formula is C19H30N2O2S. The van der Waals surface area contributed by atoms with Crippen molar-refractivity contribution in [2.24, 2.45) is 11.7 Å². The maximum absolute atomic E-state index is 11.8. The molecule has 5 heteroatoms. The van der Waals surface area contributed by atoms with Crippen molar-refractivity contribution >= 4 is 9.84 Å². The van der Waals surface area contributed by atoms with Crippen molar-refractivity contribution in [3.63, 3.8) is 0 Å². The first kappa shape index (κ1) is 17.9. The Morgan fingerprint density at radius 3 is 2.42 bits per heavy atom. The number of sulfone groups is 1. The van der Waals surface area contributed by atoms with Gasteiger partial charge in [-0.3, -0.25) is 0 Å². The molecule has 2 N–H and O–H groups in total. The third-order valence-corrected chi connectivity index (χ3v) is 6.86. The average molecular weight is 351 g/mol. The van der Waals surface area contributed by atoms with E-state index in [0.29, 0.717) is 10.9 Å². The van der Waals surface area contributed by atoms with E-state index in [1.54, 1.807) is 6.07 Å². The molecule has 3 rings (SSSR count). The van der Waals surface area contributed by atoms with Crippen LogP contribution in [0.3, 0.4) is 0 Å². The molecule has 0 atom stereocenters. The van der Waals surface area contributed by atoms with Gasteiger partial charge in [-0.2, -0.15) is 0 Å². The van der Waals surface area contributed by atoms with Gasteiger partial charge >= 0.3 is 0 Å². The molecule has 0 saturated heterocycles. The van der Waals surface area contributed by atoms with Gasteiger partial charge in [-0.25, -0.2) is 8.42 Å². The highest BCUT2D eigenvalue weighted by atomic mass is 32.2. The Bertz CT molecular complexity index is 664. The van der Waals surface area contributed by atoms with Crippen molar-refractivity contribution in [3.05, 3.63) is 29.3 Å². The molecule has 0 radical (unpaired) electrons. The van der Waals surface area contributed by atoms with E-state index in [0.717, 1.165) is 38.4 Å². The fraction of sp³-hybridized carbons (Fsp3) is 0.684. The van der Waals surface area contributed by atoms with Crippen molar-refractivity contribution in [3.8, 4) is 0 Å². The zero-order valence-electron chi connectivity index (χ0n) is 14.7. The van der Waals surface area contributed by atoms with Gasteiger partial charge in [0.25, 0.3) is 0 Å². The largest absolute Gasteiger partial charge is 0.328 e. The predicted octanol–water partition coefficient (Wildman–Crippen LogP) is 2.40. The van der Waals surface area contributed by atoms with Crippen LogP contribution >= 0.6 is 0 Å². The minimum atomic E-state index is -3.11. The molecule has 0 aromatic heterocycles. The zero-order chi connectivity index (χ0) is 17.2. The monoisotopic (exact) mass is 350 g/mol. The summed E-state index contributed by atoms with van der Waals surface area (Å²) in [6.07, 6.45) is 9.48. The molecule has 1 aliphatic carbocycles. The highest BCUT2D eigenvalue weighted by molar-refractivity contribution is 7.90. The lowest BCUT2D eigenvalue weighted by Gasteiger charge is -2.28. The second kappa shape index (κ2) is 7.54. The number of fused-ring (bicyclic) bond motifs is 1. The van der Waals surface area contributed by atoms with Gasteiger partial charge in [-0.1, -0.05) is 6.07 Å². The Hall–Kier alpha value is -0.910. The molecule has 1 aliphatic heterocycles. The maximum Gasteiger partial charge on any atom is 0.175 e. The summed E-state index contributed by atoms with van der Waals surface area (Å²) >= 11 is 0. The molecule has 0 spiro atoms. The molecule has 2 aliphatic rings. The number of nitrogens with zero attached hydrogens (tertiary/aromatic N) is 1. The number of hydrogen-bond acceptors (Lipinski definition) is 4. The fourth-order valence-corrected chi connectivity index (χ4v) is 4.72. The van der Waals surface area contributed by atoms with Gasteiger partial charge in [0, 0.05) is 25.4 Å². The number of hydrogen-bond donors (Lipinski definition) is 1. The Balaban J connectivity index is 1.55. The first-order valence-electron chi connectivity index (χ1n) is 9.21. The topological polar surface area (TPSA) is 63.4 Å². The van der Waals surface area contributed by atoms with E-state index in [4.69, 9.17) is 5.73 Å². The molecule has 134 valence electrons. The van der Waals surface area contributed by atoms with E-state index < -0.39 is 9.84 Å². The quantitative estimate of drug-likeness (QED) is 0.906. The van der Waals surface area contributed by atoms with Gasteiger partial charge in [-0.15, -0.1) is 0 Å². The minimum absolute atomic E-state index is 0.429. The standard InChI is InChI=1S/C19H30N2O2S/c1-24(22,23)19-7-4-16-9-12-21(13-10-17(16)14-19)11-8-15-2-5-18(20)6-3-15/h4,7,14-15,18H,2-3,5-6,8-13,20H2,1H3. The normalized spacial score (nSPS) is 25.9. The zero-order valence-corrected chi connectivity index (χ0v) is 15.5. The molecule has 24 heavy (non-hydrogen) atoms. The molecular weight excluding hydrogens is 320 g/mol. The lowest BCUT2D eigenvalue weighted by molar-refractivity contribution is 0.232. The van der Waals surface area contributed by atoms with E-state index >= 15 is 0 Å². The molecule has 1 aromatic carbocycles. The molecule has 1 aromatic rings. The van der Waals surface area contributed by atoms with Crippen LogP contribution in [0, 0.1) is 5.92 Å². The van der Waals surface area contributed by atoms with Gasteiger partial charge in [-0.05, 0) is 80.7 Å². The van der Waals surface area contributed by atoms with Crippen LogP contribution in [0.5, 0.6) is 0 Å². The number of nitrogens with two attached hydrogens (primary N) is 1. The Morgan fingerprint density at radius 2 is 1.75 bits per heavy atom. The lowest BCUT2D eigenvalue weighted by Crippen LogP contribution is -2.31. The SMILES string of the molecule is CS(=O)(=O)c1ccc2c(c1)CCN(CCC1CCC(N)CC1)CC2. The first-order valence-corrected chi connectivity index (χ1v) is 11.1. The molecule has 1 saturated carbocycles. The highest BCUT2D eigenvalue weighted by Gasteiger charge is 2.21. The van der Waals surface area contributed by atoms with Gasteiger partial charge in [0.15, 0.2) is 9.84 Å². The second-order valence-electron chi connectivity index (χ2n) is 7.61. The van der Waals surface area contributed by atoms with Crippen LogP contribution in [0.25, 0.3) is 0 Å². The summed E-state index contributed by atoms with van der Waals surface area (Å²) in [4.78, 5) is 3.00. The van der Waals surface area contributed by atoms with Crippen molar-refractivity contribution in [2.75, 3.05) is 25.9 Å². The van der Waals surface area contributed by atoms with Crippen molar-refractivity contribution in [1.82, 2.24) is 4.90 Å². The summed E-state index contributed by atoms with van der Waals surface area (Å²) < 4.78 is 23.5. The number of rotatable bonds is 4. The summed E-state index contributed by atoms with van der Waals surface area (Å²) in [7, 11) is -3.11. The van der Waals surface area contributed by atoms with Gasteiger partial charge in [0.2, 0.25) is 0 Å². The molecule has 1 fully saturated rings. The van der Waals surface area contributed by atoms with Crippen molar-refractivity contribution in [2.45, 2.75) is 55.9 Å². The fourth-order valence-electron chi connectivity index (χ4n) is 4.04. The molecule has 0 amide bonds. The van der Waals surface area contributed by atoms with E-state index in [1.165, 1.54) is 49.5 Å². The Morgan fingerprint density at radius 1 is 1.08 bits per heavy atom. The van der Waals surface area contributed by atoms with Crippen LogP contribution in [-0.2, 0) is 22.7 Å². The van der Waals surface area contributed by atoms with Crippen LogP contribution in [0.4, 0.5) is 0 Å². The number of benzene rings is 1. The van der Waals surface area contributed by atoms with E-state index in [9.17, 15) is 8.42 Å². The average Bonchev–Trinajstić information content (AvgIpc) is 2.75. The molecule has 4 nitrogen and oxygen atoms in total. The Labute approximate surface area is 146 Å². The van der Waals surface area contributed by atoms with Crippen molar-refractivity contribution in [1.29, 1.82) is 0 Å². The summed E-state index contributed by atoms with van der Waals surface area (Å²) in [5.41, 5.74) is 8.52. The van der Waals surface area contributed by atoms with Crippen LogP contribution in [0.1, 0.15) is 43.2 Å². The first-order chi connectivity index (χ1) is 11.4. The van der Waals surface area contributed by atoms with E-state index in [2.05, 4.69) is 4.90 Å². The summed E-state index contributed by atoms with van der Waals surface area (Å²) in [5, 5.41) is 0. The van der Waals surface area contributed by atoms with E-state index in [1.807, 2.05) is 12.1 Å². The predicted molar refractivity (Wildman–Crippen MR) is 98.0 cm³/mol. The van der Waals surface area contributed by atoms with Gasteiger partial charge < -0.3 is 10.6 Å². The van der Waals surface area contributed by atoms with Crippen molar-refractivity contribution < 1.29 is 8.42 Å². The summed E-state index contributed by atoms with van der Waals surface area (Å²) in [6, 6.07) is 6.08. The van der Waals surface area contributed by atoms with Gasteiger partial charge in [0.05, 0.1) is 4.90 Å². The molecule has 1 heterocycles. The summed E-state index contributed by atoms with van der Waals surface area (Å²) in [5.74, 6) is 0.840. The second-order valence-corrected chi connectivity index (χ2v) is 9.63. The lowest BCUT2D eigenvalue weighted by atomic mass is 9.84. The van der Waals surface area contributed by atoms with Crippen LogP contribution in [-0.4, -0.2) is 45.2 Å². The minimum Gasteiger partial charge on any atom is -0.328 e.